The second kappa shape index (κ2) is 7.93. The Balaban J connectivity index is 4.02. The fraction of sp³-hybridized carbons (Fsp3) is 0.667. The highest BCUT2D eigenvalue weighted by atomic mass is 16.5. The molecule has 0 bridgehead atoms. The van der Waals surface area contributed by atoms with Crippen molar-refractivity contribution in [2.24, 2.45) is 5.16 Å². The van der Waals surface area contributed by atoms with E-state index >= 15 is 0 Å². The molecular formula is C9H15NO5. The first kappa shape index (κ1) is 13.6. The first-order valence-electron chi connectivity index (χ1n) is 4.49. The number of carbonyl (C=O) groups is 2. The molecule has 6 heteroatoms. The summed E-state index contributed by atoms with van der Waals surface area (Å²) in [7, 11) is 2.68. The van der Waals surface area contributed by atoms with Crippen LogP contribution in [0.5, 0.6) is 0 Å². The summed E-state index contributed by atoms with van der Waals surface area (Å²) in [5, 5.41) is 11.1. The van der Waals surface area contributed by atoms with Crippen LogP contribution in [0.4, 0.5) is 0 Å². The van der Waals surface area contributed by atoms with Crippen molar-refractivity contribution in [2.45, 2.75) is 19.3 Å². The molecule has 0 rings (SSSR count). The van der Waals surface area contributed by atoms with Gasteiger partial charge >= 0.3 is 5.97 Å². The number of nitrogens with zero attached hydrogens (tertiary/aromatic N) is 1. The van der Waals surface area contributed by atoms with E-state index in [4.69, 9.17) is 9.94 Å². The first-order chi connectivity index (χ1) is 7.17. The summed E-state index contributed by atoms with van der Waals surface area (Å²) in [4.78, 5) is 22.2. The van der Waals surface area contributed by atoms with Crippen LogP contribution in [0, 0.1) is 0 Å². The van der Waals surface area contributed by atoms with Crippen molar-refractivity contribution >= 4 is 17.5 Å². The standard InChI is InChI=1S/C9H15NO5/c1-14-6-4-3-5-7(11)8(10-13)9(12)15-2/h13H,3-6H2,1-2H3/b10-8+. The highest BCUT2D eigenvalue weighted by molar-refractivity contribution is 6.64. The fourth-order valence-corrected chi connectivity index (χ4v) is 0.957. The minimum atomic E-state index is -0.922. The minimum Gasteiger partial charge on any atom is -0.464 e. The summed E-state index contributed by atoms with van der Waals surface area (Å²) in [6, 6.07) is 0. The van der Waals surface area contributed by atoms with Gasteiger partial charge in [0, 0.05) is 20.1 Å². The maximum absolute atomic E-state index is 11.3. The molecule has 0 heterocycles. The SMILES string of the molecule is COCCCCC(=O)/C(=N\O)C(=O)OC. The first-order valence-corrected chi connectivity index (χ1v) is 4.49. The van der Waals surface area contributed by atoms with Crippen LogP contribution in [0.2, 0.25) is 0 Å². The van der Waals surface area contributed by atoms with Gasteiger partial charge in [0.2, 0.25) is 5.71 Å². The second-order valence-corrected chi connectivity index (χ2v) is 2.81. The van der Waals surface area contributed by atoms with E-state index in [2.05, 4.69) is 9.89 Å². The Morgan fingerprint density at radius 2 is 1.93 bits per heavy atom. The zero-order valence-electron chi connectivity index (χ0n) is 8.86. The zero-order chi connectivity index (χ0) is 11.7. The normalized spacial score (nSPS) is 11.2. The quantitative estimate of drug-likeness (QED) is 0.166. The Morgan fingerprint density at radius 1 is 1.27 bits per heavy atom. The van der Waals surface area contributed by atoms with Gasteiger partial charge in [-0.05, 0) is 12.8 Å². The lowest BCUT2D eigenvalue weighted by Crippen LogP contribution is -2.25. The van der Waals surface area contributed by atoms with Gasteiger partial charge in [-0.15, -0.1) is 0 Å². The molecule has 0 aliphatic carbocycles. The van der Waals surface area contributed by atoms with Crippen LogP contribution in [-0.2, 0) is 19.1 Å². The number of Topliss-reactive ketones (excluding diaryl/α,β-unsaturated/α-hetero) is 1. The summed E-state index contributed by atoms with van der Waals surface area (Å²) in [6.45, 7) is 0.553. The molecule has 0 aromatic heterocycles. The highest BCUT2D eigenvalue weighted by Crippen LogP contribution is 1.99. The summed E-state index contributed by atoms with van der Waals surface area (Å²) in [5.74, 6) is -1.45. The molecule has 0 amide bonds. The lowest BCUT2D eigenvalue weighted by Gasteiger charge is -2.01. The molecule has 0 aromatic rings. The van der Waals surface area contributed by atoms with Gasteiger partial charge in [0.1, 0.15) is 0 Å². The summed E-state index contributed by atoms with van der Waals surface area (Å²) < 4.78 is 9.07. The molecule has 0 radical (unpaired) electrons. The summed E-state index contributed by atoms with van der Waals surface area (Å²) >= 11 is 0. The third-order valence-electron chi connectivity index (χ3n) is 1.75. The number of oxime groups is 1. The predicted molar refractivity (Wildman–Crippen MR) is 52.0 cm³/mol. The molecule has 0 saturated carbocycles. The topological polar surface area (TPSA) is 85.2 Å². The molecule has 0 aliphatic heterocycles. The smallest absolute Gasteiger partial charge is 0.363 e. The van der Waals surface area contributed by atoms with Crippen molar-refractivity contribution in [3.63, 3.8) is 0 Å². The van der Waals surface area contributed by atoms with Crippen molar-refractivity contribution in [3.8, 4) is 0 Å². The molecule has 0 aliphatic rings. The average Bonchev–Trinajstić information content (AvgIpc) is 2.25. The molecule has 6 nitrogen and oxygen atoms in total. The Labute approximate surface area is 87.9 Å². The van der Waals surface area contributed by atoms with Crippen molar-refractivity contribution in [1.82, 2.24) is 0 Å². The number of methoxy groups -OCH3 is 2. The van der Waals surface area contributed by atoms with Crippen LogP contribution in [0.3, 0.4) is 0 Å². The Bertz CT molecular complexity index is 249. The summed E-state index contributed by atoms with van der Waals surface area (Å²) in [5.41, 5.74) is -0.560. The summed E-state index contributed by atoms with van der Waals surface area (Å²) in [6.07, 6.45) is 1.42. The molecule has 0 aromatic carbocycles. The molecule has 0 spiro atoms. The van der Waals surface area contributed by atoms with E-state index in [0.29, 0.717) is 19.4 Å². The maximum atomic E-state index is 11.3. The molecule has 0 atom stereocenters. The Kier molecular flexibility index (Phi) is 7.17. The van der Waals surface area contributed by atoms with E-state index in [1.165, 1.54) is 0 Å². The minimum absolute atomic E-state index is 0.137. The van der Waals surface area contributed by atoms with E-state index in [0.717, 1.165) is 7.11 Å². The van der Waals surface area contributed by atoms with E-state index in [-0.39, 0.29) is 6.42 Å². The van der Waals surface area contributed by atoms with Gasteiger partial charge in [-0.1, -0.05) is 5.16 Å². The van der Waals surface area contributed by atoms with Gasteiger partial charge in [0.15, 0.2) is 5.78 Å². The Hall–Kier alpha value is -1.43. The number of carbonyl (C=O) groups excluding carboxylic acids is 2. The number of ether oxygens (including phenoxy) is 2. The van der Waals surface area contributed by atoms with Crippen LogP contribution in [0.25, 0.3) is 0 Å². The van der Waals surface area contributed by atoms with Gasteiger partial charge in [0.25, 0.3) is 0 Å². The molecule has 1 N–H and O–H groups in total. The predicted octanol–water partition coefficient (Wildman–Crippen LogP) is 0.375. The van der Waals surface area contributed by atoms with Crippen LogP contribution >= 0.6 is 0 Å². The maximum Gasteiger partial charge on any atom is 0.363 e. The van der Waals surface area contributed by atoms with Gasteiger partial charge in [-0.2, -0.15) is 0 Å². The van der Waals surface area contributed by atoms with Gasteiger partial charge in [0.05, 0.1) is 7.11 Å². The van der Waals surface area contributed by atoms with Crippen molar-refractivity contribution in [2.75, 3.05) is 20.8 Å². The third kappa shape index (κ3) is 5.11. The van der Waals surface area contributed by atoms with Crippen molar-refractivity contribution in [3.05, 3.63) is 0 Å². The second-order valence-electron chi connectivity index (χ2n) is 2.81. The van der Waals surface area contributed by atoms with E-state index in [9.17, 15) is 9.59 Å². The number of unbranched alkanes of at least 4 members (excludes halogenated alkanes) is 1. The Morgan fingerprint density at radius 3 is 2.40 bits per heavy atom. The van der Waals surface area contributed by atoms with Gasteiger partial charge in [-0.3, -0.25) is 4.79 Å². The van der Waals surface area contributed by atoms with Gasteiger partial charge in [-0.25, -0.2) is 4.79 Å². The molecule has 0 unspecified atom stereocenters. The van der Waals surface area contributed by atoms with Crippen LogP contribution in [0.15, 0.2) is 5.16 Å². The average molecular weight is 217 g/mol. The van der Waals surface area contributed by atoms with Crippen LogP contribution < -0.4 is 0 Å². The number of ketones is 1. The number of esters is 1. The largest absolute Gasteiger partial charge is 0.464 e. The van der Waals surface area contributed by atoms with E-state index in [1.807, 2.05) is 0 Å². The van der Waals surface area contributed by atoms with E-state index in [1.54, 1.807) is 7.11 Å². The number of rotatable bonds is 7. The number of hydrogen-bond acceptors (Lipinski definition) is 6. The lowest BCUT2D eigenvalue weighted by atomic mass is 10.1. The van der Waals surface area contributed by atoms with Crippen molar-refractivity contribution < 1.29 is 24.3 Å². The zero-order valence-corrected chi connectivity index (χ0v) is 8.86. The van der Waals surface area contributed by atoms with Crippen molar-refractivity contribution in [1.29, 1.82) is 0 Å². The third-order valence-corrected chi connectivity index (χ3v) is 1.75. The monoisotopic (exact) mass is 217 g/mol. The fourth-order valence-electron chi connectivity index (χ4n) is 0.957. The van der Waals surface area contributed by atoms with Crippen LogP contribution in [-0.4, -0.2) is 43.5 Å². The lowest BCUT2D eigenvalue weighted by molar-refractivity contribution is -0.133. The molecule has 15 heavy (non-hydrogen) atoms. The number of hydrogen-bond donors (Lipinski definition) is 1. The molecular weight excluding hydrogens is 202 g/mol. The highest BCUT2D eigenvalue weighted by Gasteiger charge is 2.21. The molecule has 0 saturated heterocycles. The van der Waals surface area contributed by atoms with Crippen LogP contribution in [0.1, 0.15) is 19.3 Å². The van der Waals surface area contributed by atoms with E-state index < -0.39 is 17.5 Å². The van der Waals surface area contributed by atoms with Gasteiger partial charge < -0.3 is 14.7 Å². The molecule has 86 valence electrons. The molecule has 0 fully saturated rings.